The van der Waals surface area contributed by atoms with Crippen molar-refractivity contribution in [1.29, 1.82) is 0 Å². The van der Waals surface area contributed by atoms with Crippen molar-refractivity contribution in [2.75, 3.05) is 20.1 Å². The second kappa shape index (κ2) is 30.5. The SMILES string of the molecule is CCCCCCN(C(=O)[C@@H](NC(=O)[C@H]1CCCCN1C)[C@@H](C)CC)[C@H](C[C@@H](OC(C)=O)c1nc(C(=O)N[C@@H](Cc2ccc(F)cc2)CC(C)(C)C(=O)NS(=O)(=O)c2ccc(CNC(=O)OCc3ccc(C)cc3)cc2)cs1)C(C)C. The van der Waals surface area contributed by atoms with E-state index in [-0.39, 0.29) is 72.7 Å². The molecule has 1 aromatic heterocycles. The number of alkyl carbamates (subject to hydrolysis) is 1. The summed E-state index contributed by atoms with van der Waals surface area (Å²) in [4.78, 5) is 90.8. The number of sulfonamides is 1. The van der Waals surface area contributed by atoms with Gasteiger partial charge in [0.25, 0.3) is 15.9 Å². The Labute approximate surface area is 477 Å². The minimum atomic E-state index is -4.39. The molecule has 2 heterocycles. The topological polar surface area (TPSA) is 223 Å². The number of likely N-dealkylation sites (N-methyl/N-ethyl adjacent to an activating group) is 1. The van der Waals surface area contributed by atoms with Gasteiger partial charge in [0.15, 0.2) is 6.10 Å². The molecule has 4 aromatic rings. The fourth-order valence-electron chi connectivity index (χ4n) is 9.80. The van der Waals surface area contributed by atoms with Gasteiger partial charge >= 0.3 is 12.1 Å². The van der Waals surface area contributed by atoms with E-state index in [9.17, 15) is 36.8 Å². The van der Waals surface area contributed by atoms with Crippen LogP contribution in [0.25, 0.3) is 0 Å². The number of esters is 1. The van der Waals surface area contributed by atoms with E-state index < -0.39 is 69.4 Å². The molecular formula is C60H84FN7O10S2. The number of benzene rings is 3. The van der Waals surface area contributed by atoms with Crippen LogP contribution in [0, 0.1) is 30.0 Å². The van der Waals surface area contributed by atoms with E-state index in [0.717, 1.165) is 67.5 Å². The molecule has 1 fully saturated rings. The second-order valence-electron chi connectivity index (χ2n) is 22.3. The first kappa shape index (κ1) is 64.6. The molecule has 0 saturated carbocycles. The number of amides is 5. The number of rotatable bonds is 29. The number of ether oxygens (including phenoxy) is 2. The van der Waals surface area contributed by atoms with Crippen molar-refractivity contribution in [2.45, 2.75) is 181 Å². The lowest BCUT2D eigenvalue weighted by molar-refractivity contribution is -0.149. The van der Waals surface area contributed by atoms with Crippen LogP contribution in [0.3, 0.4) is 0 Å². The first-order chi connectivity index (χ1) is 37.9. The highest BCUT2D eigenvalue weighted by atomic mass is 32.2. The summed E-state index contributed by atoms with van der Waals surface area (Å²) in [5.41, 5.74) is 1.71. The van der Waals surface area contributed by atoms with Crippen molar-refractivity contribution in [3.63, 3.8) is 0 Å². The lowest BCUT2D eigenvalue weighted by Gasteiger charge is -2.40. The van der Waals surface area contributed by atoms with Crippen molar-refractivity contribution in [2.24, 2.45) is 17.3 Å². The molecule has 0 aliphatic carbocycles. The van der Waals surface area contributed by atoms with E-state index in [4.69, 9.17) is 14.5 Å². The number of halogens is 1. The van der Waals surface area contributed by atoms with Gasteiger partial charge in [-0.3, -0.25) is 28.9 Å². The molecule has 0 spiro atoms. The number of nitrogens with zero attached hydrogens (tertiary/aromatic N) is 3. The summed E-state index contributed by atoms with van der Waals surface area (Å²) < 4.78 is 54.8. The maximum Gasteiger partial charge on any atom is 0.407 e. The summed E-state index contributed by atoms with van der Waals surface area (Å²) in [5, 5.41) is 10.6. The van der Waals surface area contributed by atoms with Crippen molar-refractivity contribution < 1.29 is 51.0 Å². The van der Waals surface area contributed by atoms with Crippen molar-refractivity contribution in [1.82, 2.24) is 35.5 Å². The summed E-state index contributed by atoms with van der Waals surface area (Å²) in [6.45, 7) is 17.8. The van der Waals surface area contributed by atoms with Gasteiger partial charge in [-0.25, -0.2) is 27.3 Å². The predicted octanol–water partition coefficient (Wildman–Crippen LogP) is 9.72. The van der Waals surface area contributed by atoms with Crippen LogP contribution in [0.1, 0.15) is 163 Å². The van der Waals surface area contributed by atoms with E-state index in [1.807, 2.05) is 75.7 Å². The van der Waals surface area contributed by atoms with Gasteiger partial charge in [0, 0.05) is 49.3 Å². The van der Waals surface area contributed by atoms with Crippen LogP contribution in [0.15, 0.2) is 83.1 Å². The zero-order chi connectivity index (χ0) is 58.7. The number of carbonyl (C=O) groups is 6. The number of unbranched alkanes of at least 4 members (excludes halogenated alkanes) is 3. The summed E-state index contributed by atoms with van der Waals surface area (Å²) in [5.74, 6) is -3.18. The second-order valence-corrected chi connectivity index (χ2v) is 24.8. The Balaban J connectivity index is 1.32. The van der Waals surface area contributed by atoms with Crippen LogP contribution >= 0.6 is 11.3 Å². The molecule has 0 bridgehead atoms. The molecule has 17 nitrogen and oxygen atoms in total. The van der Waals surface area contributed by atoms with Gasteiger partial charge in [0.05, 0.1) is 10.9 Å². The van der Waals surface area contributed by atoms with Crippen LogP contribution < -0.4 is 20.7 Å². The predicted molar refractivity (Wildman–Crippen MR) is 307 cm³/mol. The van der Waals surface area contributed by atoms with E-state index >= 15 is 4.79 Å². The average Bonchev–Trinajstić information content (AvgIpc) is 3.94. The van der Waals surface area contributed by atoms with E-state index in [1.54, 1.807) is 26.0 Å². The molecule has 1 aliphatic heterocycles. The molecule has 0 unspecified atom stereocenters. The fourth-order valence-corrected chi connectivity index (χ4v) is 11.8. The van der Waals surface area contributed by atoms with Gasteiger partial charge in [-0.1, -0.05) is 135 Å². The van der Waals surface area contributed by atoms with Gasteiger partial charge in [-0.2, -0.15) is 0 Å². The van der Waals surface area contributed by atoms with Crippen molar-refractivity contribution in [3.8, 4) is 0 Å². The Morgan fingerprint density at radius 1 is 0.887 bits per heavy atom. The van der Waals surface area contributed by atoms with E-state index in [2.05, 4.69) is 27.6 Å². The quantitative estimate of drug-likeness (QED) is 0.0295. The Morgan fingerprint density at radius 2 is 1.55 bits per heavy atom. The minimum Gasteiger partial charge on any atom is -0.455 e. The van der Waals surface area contributed by atoms with Crippen molar-refractivity contribution in [3.05, 3.63) is 117 Å². The molecule has 5 rings (SSSR count). The summed E-state index contributed by atoms with van der Waals surface area (Å²) in [6, 6.07) is 16.5. The van der Waals surface area contributed by atoms with Gasteiger partial charge in [0.2, 0.25) is 17.7 Å². The number of likely N-dealkylation sites (tertiary alicyclic amines) is 1. The number of aryl methyl sites for hydroxylation is 1. The standard InChI is InChI=1S/C60H84FN7O10S2/c1-11-13-14-16-32-68(57(72)53(41(6)12-2)65-55(71)50-18-15-17-31-67(50)10)51(39(3)4)34-52(78-42(7)69)56-64-49(38-79-56)54(70)63-47(33-43-23-27-46(61)28-24-43)35-60(8,9)58(73)66-80(75,76)48-29-25-44(26-30-48)36-62-59(74)77-37-45-21-19-40(5)20-22-45/h19-30,38-39,41,47,50-53H,11-18,31-37H2,1-10H3,(H,62,74)(H,63,70)(H,65,71)(H,66,73)/t41-,47-,50+,51+,52+,53-/m0/s1. The number of piperidine rings is 1. The molecule has 3 aromatic carbocycles. The summed E-state index contributed by atoms with van der Waals surface area (Å²) in [6.07, 6.45) is 5.52. The third-order valence-electron chi connectivity index (χ3n) is 14.8. The highest BCUT2D eigenvalue weighted by Crippen LogP contribution is 2.33. The smallest absolute Gasteiger partial charge is 0.407 e. The van der Waals surface area contributed by atoms with Crippen LogP contribution in [0.2, 0.25) is 0 Å². The Morgan fingerprint density at radius 3 is 2.17 bits per heavy atom. The number of nitrogens with one attached hydrogen (secondary N) is 4. The molecule has 4 N–H and O–H groups in total. The first-order valence-electron chi connectivity index (χ1n) is 28.0. The number of thiazole rings is 1. The maximum atomic E-state index is 15.0. The highest BCUT2D eigenvalue weighted by molar-refractivity contribution is 7.90. The third-order valence-corrected chi connectivity index (χ3v) is 17.1. The van der Waals surface area contributed by atoms with Crippen LogP contribution in [0.5, 0.6) is 0 Å². The monoisotopic (exact) mass is 1150 g/mol. The van der Waals surface area contributed by atoms with Crippen LogP contribution in [-0.4, -0.2) is 103 Å². The molecule has 6 atom stereocenters. The zero-order valence-corrected chi connectivity index (χ0v) is 49.9. The molecular weight excluding hydrogens is 1060 g/mol. The van der Waals surface area contributed by atoms with Crippen molar-refractivity contribution >= 4 is 57.1 Å². The Bertz CT molecular complexity index is 2790. The van der Waals surface area contributed by atoms with Gasteiger partial charge in [-0.15, -0.1) is 11.3 Å². The van der Waals surface area contributed by atoms with Gasteiger partial charge in [0.1, 0.15) is 29.2 Å². The Hall–Kier alpha value is -6.25. The zero-order valence-electron chi connectivity index (χ0n) is 48.3. The van der Waals surface area contributed by atoms with Crippen LogP contribution in [-0.2, 0) is 58.2 Å². The minimum absolute atomic E-state index is 0.00490. The number of carbonyl (C=O) groups excluding carboxylic acids is 6. The lowest BCUT2D eigenvalue weighted by Crippen LogP contribution is -2.59. The first-order valence-corrected chi connectivity index (χ1v) is 30.4. The molecule has 0 radical (unpaired) electrons. The molecule has 1 saturated heterocycles. The lowest BCUT2D eigenvalue weighted by atomic mass is 9.83. The number of aromatic nitrogens is 1. The highest BCUT2D eigenvalue weighted by Gasteiger charge is 2.40. The number of hydrogen-bond donors (Lipinski definition) is 4. The van der Waals surface area contributed by atoms with Gasteiger partial charge < -0.3 is 30.3 Å². The molecule has 5 amide bonds. The largest absolute Gasteiger partial charge is 0.455 e. The third kappa shape index (κ3) is 19.5. The van der Waals surface area contributed by atoms with E-state index in [0.29, 0.717) is 35.5 Å². The fraction of sp³-hybridized carbons (Fsp3) is 0.550. The summed E-state index contributed by atoms with van der Waals surface area (Å²) >= 11 is 1.12. The van der Waals surface area contributed by atoms with E-state index in [1.165, 1.54) is 48.7 Å². The molecule has 438 valence electrons. The normalized spacial score (nSPS) is 15.9. The summed E-state index contributed by atoms with van der Waals surface area (Å²) in [7, 11) is -2.45. The average molecular weight is 1150 g/mol. The molecule has 20 heteroatoms. The maximum absolute atomic E-state index is 15.0. The van der Waals surface area contributed by atoms with Crippen LogP contribution in [0.4, 0.5) is 9.18 Å². The van der Waals surface area contributed by atoms with Gasteiger partial charge in [-0.05, 0) is 105 Å². The number of hydrogen-bond acceptors (Lipinski definition) is 13. The Kier molecular flexibility index (Phi) is 24.6. The molecule has 1 aliphatic rings. The molecule has 80 heavy (non-hydrogen) atoms.